The molecule has 0 radical (unpaired) electrons. The maximum atomic E-state index is 13.1. The summed E-state index contributed by atoms with van der Waals surface area (Å²) < 4.78 is 50.8. The zero-order valence-electron chi connectivity index (χ0n) is 16.5. The number of ether oxygens (including phenoxy) is 2. The summed E-state index contributed by atoms with van der Waals surface area (Å²) in [7, 11) is 0. The van der Waals surface area contributed by atoms with Gasteiger partial charge in [-0.3, -0.25) is 0 Å². The number of amides is 1. The van der Waals surface area contributed by atoms with Crippen molar-refractivity contribution >= 4 is 17.4 Å². The molecule has 1 amide bonds. The second kappa shape index (κ2) is 8.22. The number of nitrogens with zero attached hydrogens (tertiary/aromatic N) is 2. The Morgan fingerprint density at radius 1 is 1.21 bits per heavy atom. The number of rotatable bonds is 3. The molecular weight excluding hydrogens is 405 g/mol. The van der Waals surface area contributed by atoms with Gasteiger partial charge in [-0.05, 0) is 39.0 Å². The summed E-state index contributed by atoms with van der Waals surface area (Å²) in [6.45, 7) is 6.36. The smallest absolute Gasteiger partial charge is 0.416 e. The summed E-state index contributed by atoms with van der Waals surface area (Å²) in [6, 6.07) is 3.44. The van der Waals surface area contributed by atoms with Crippen LogP contribution in [0.3, 0.4) is 0 Å². The zero-order valence-corrected chi connectivity index (χ0v) is 17.3. The van der Waals surface area contributed by atoms with Gasteiger partial charge in [0.15, 0.2) is 0 Å². The first-order chi connectivity index (χ1) is 13.5. The van der Waals surface area contributed by atoms with Crippen molar-refractivity contribution in [2.75, 3.05) is 13.1 Å². The number of piperidine rings is 1. The molecule has 0 spiro atoms. The molecule has 5 nitrogen and oxygen atoms in total. The Morgan fingerprint density at radius 2 is 1.90 bits per heavy atom. The van der Waals surface area contributed by atoms with E-state index in [4.69, 9.17) is 9.47 Å². The number of carbonyl (C=O) groups excluding carboxylic acids is 1. The van der Waals surface area contributed by atoms with E-state index in [9.17, 15) is 18.0 Å². The van der Waals surface area contributed by atoms with Crippen LogP contribution in [-0.2, 0) is 10.9 Å². The molecule has 3 rings (SSSR count). The van der Waals surface area contributed by atoms with Crippen LogP contribution in [0.15, 0.2) is 29.8 Å². The second-order valence-corrected chi connectivity index (χ2v) is 8.73. The third kappa shape index (κ3) is 5.62. The fraction of sp³-hybridized carbons (Fsp3) is 0.500. The van der Waals surface area contributed by atoms with Crippen LogP contribution in [0.1, 0.15) is 39.2 Å². The summed E-state index contributed by atoms with van der Waals surface area (Å²) in [4.78, 5) is 17.9. The highest BCUT2D eigenvalue weighted by Gasteiger charge is 2.32. The predicted molar refractivity (Wildman–Crippen MR) is 104 cm³/mol. The number of thiazole rings is 1. The Morgan fingerprint density at radius 3 is 2.45 bits per heavy atom. The molecule has 1 aliphatic heterocycles. The number of benzene rings is 1. The van der Waals surface area contributed by atoms with Crippen molar-refractivity contribution in [3.05, 3.63) is 35.3 Å². The lowest BCUT2D eigenvalue weighted by molar-refractivity contribution is -0.137. The molecule has 158 valence electrons. The molecule has 1 aliphatic rings. The number of carbonyl (C=O) groups is 1. The van der Waals surface area contributed by atoms with Crippen LogP contribution in [0.5, 0.6) is 5.75 Å². The van der Waals surface area contributed by atoms with Gasteiger partial charge in [0.2, 0.25) is 0 Å². The molecule has 0 saturated carbocycles. The molecule has 1 aromatic heterocycles. The van der Waals surface area contributed by atoms with E-state index >= 15 is 0 Å². The molecule has 2 aromatic rings. The van der Waals surface area contributed by atoms with Gasteiger partial charge in [0.05, 0.1) is 11.1 Å². The predicted octanol–water partition coefficient (Wildman–Crippen LogP) is 5.61. The van der Waals surface area contributed by atoms with E-state index in [0.717, 1.165) is 12.1 Å². The minimum atomic E-state index is -4.44. The zero-order chi connectivity index (χ0) is 21.2. The highest BCUT2D eigenvalue weighted by atomic mass is 32.1. The molecule has 1 aromatic carbocycles. The molecule has 0 atom stereocenters. The average molecular weight is 428 g/mol. The normalized spacial score (nSPS) is 16.0. The second-order valence-electron chi connectivity index (χ2n) is 7.83. The molecule has 0 bridgehead atoms. The fourth-order valence-corrected chi connectivity index (χ4v) is 3.65. The lowest BCUT2D eigenvalue weighted by Crippen LogP contribution is -2.44. The van der Waals surface area contributed by atoms with Gasteiger partial charge < -0.3 is 14.4 Å². The Labute approximate surface area is 171 Å². The number of hydrogen-bond acceptors (Lipinski definition) is 5. The topological polar surface area (TPSA) is 51.7 Å². The minimum Gasteiger partial charge on any atom is -0.490 e. The minimum absolute atomic E-state index is 0.205. The van der Waals surface area contributed by atoms with Crippen LogP contribution >= 0.6 is 11.3 Å². The largest absolute Gasteiger partial charge is 0.490 e. The van der Waals surface area contributed by atoms with Crippen molar-refractivity contribution < 1.29 is 27.4 Å². The SMILES string of the molecule is CC(C)(C)OC(=O)N1CCC(Oc2ccc(C(F)(F)F)cc2-c2nccs2)CC1. The standard InChI is InChI=1S/C20H23F3N2O3S/c1-19(2,3)28-18(26)25-9-6-14(7-10-25)27-16-5-4-13(20(21,22)23)12-15(16)17-24-8-11-29-17/h4-5,8,11-12,14H,6-7,9-10H2,1-3H3. The molecule has 0 N–H and O–H groups in total. The quantitative estimate of drug-likeness (QED) is 0.638. The van der Waals surface area contributed by atoms with Crippen molar-refractivity contribution in [1.82, 2.24) is 9.88 Å². The van der Waals surface area contributed by atoms with Gasteiger partial charge in [0.25, 0.3) is 0 Å². The van der Waals surface area contributed by atoms with E-state index in [1.165, 1.54) is 17.4 Å². The van der Waals surface area contributed by atoms with Crippen LogP contribution in [0, 0.1) is 0 Å². The number of alkyl halides is 3. The monoisotopic (exact) mass is 428 g/mol. The molecule has 1 saturated heterocycles. The maximum Gasteiger partial charge on any atom is 0.416 e. The van der Waals surface area contributed by atoms with Crippen molar-refractivity contribution in [1.29, 1.82) is 0 Å². The van der Waals surface area contributed by atoms with Crippen LogP contribution in [0.4, 0.5) is 18.0 Å². The summed E-state index contributed by atoms with van der Waals surface area (Å²) >= 11 is 1.25. The van der Waals surface area contributed by atoms with E-state index in [2.05, 4.69) is 4.98 Å². The molecule has 0 aliphatic carbocycles. The van der Waals surface area contributed by atoms with Gasteiger partial charge in [-0.25, -0.2) is 9.78 Å². The summed E-state index contributed by atoms with van der Waals surface area (Å²) in [5, 5.41) is 2.18. The third-order valence-electron chi connectivity index (χ3n) is 4.36. The van der Waals surface area contributed by atoms with Gasteiger partial charge in [0.1, 0.15) is 22.5 Å². The van der Waals surface area contributed by atoms with Crippen LogP contribution in [0.2, 0.25) is 0 Å². The molecule has 29 heavy (non-hydrogen) atoms. The number of likely N-dealkylation sites (tertiary alicyclic amines) is 1. The number of hydrogen-bond donors (Lipinski definition) is 0. The Kier molecular flexibility index (Phi) is 6.07. The van der Waals surface area contributed by atoms with E-state index in [1.807, 2.05) is 20.8 Å². The third-order valence-corrected chi connectivity index (χ3v) is 5.16. The molecule has 0 unspecified atom stereocenters. The highest BCUT2D eigenvalue weighted by molar-refractivity contribution is 7.13. The van der Waals surface area contributed by atoms with E-state index in [0.29, 0.717) is 42.3 Å². The summed E-state index contributed by atoms with van der Waals surface area (Å²) in [6.07, 6.45) is -2.33. The van der Waals surface area contributed by atoms with Gasteiger partial charge in [-0.1, -0.05) is 0 Å². The van der Waals surface area contributed by atoms with E-state index in [1.54, 1.807) is 16.5 Å². The van der Waals surface area contributed by atoms with E-state index in [-0.39, 0.29) is 12.2 Å². The van der Waals surface area contributed by atoms with Crippen LogP contribution < -0.4 is 4.74 Å². The molecular formula is C20H23F3N2O3S. The van der Waals surface area contributed by atoms with Crippen LogP contribution in [-0.4, -0.2) is 40.8 Å². The van der Waals surface area contributed by atoms with Crippen molar-refractivity contribution in [3.8, 4) is 16.3 Å². The Hall–Kier alpha value is -2.29. The van der Waals surface area contributed by atoms with Gasteiger partial charge in [0, 0.05) is 37.5 Å². The maximum absolute atomic E-state index is 13.1. The summed E-state index contributed by atoms with van der Waals surface area (Å²) in [5.74, 6) is 0.365. The van der Waals surface area contributed by atoms with Crippen molar-refractivity contribution in [2.45, 2.75) is 51.5 Å². The Balaban J connectivity index is 1.70. The van der Waals surface area contributed by atoms with Gasteiger partial charge in [-0.2, -0.15) is 13.2 Å². The first-order valence-electron chi connectivity index (χ1n) is 9.28. The first kappa shape index (κ1) is 21.4. The lowest BCUT2D eigenvalue weighted by atomic mass is 10.1. The highest BCUT2D eigenvalue weighted by Crippen LogP contribution is 2.38. The molecule has 1 fully saturated rings. The van der Waals surface area contributed by atoms with Crippen LogP contribution in [0.25, 0.3) is 10.6 Å². The lowest BCUT2D eigenvalue weighted by Gasteiger charge is -2.33. The number of halogens is 3. The molecule has 2 heterocycles. The van der Waals surface area contributed by atoms with Gasteiger partial charge >= 0.3 is 12.3 Å². The average Bonchev–Trinajstić information content (AvgIpc) is 3.14. The number of aromatic nitrogens is 1. The van der Waals surface area contributed by atoms with E-state index < -0.39 is 17.3 Å². The first-order valence-corrected chi connectivity index (χ1v) is 10.2. The summed E-state index contributed by atoms with van der Waals surface area (Å²) in [5.41, 5.74) is -0.980. The Bertz CT molecular complexity index is 840. The van der Waals surface area contributed by atoms with Crippen molar-refractivity contribution in [2.24, 2.45) is 0 Å². The molecule has 9 heteroatoms. The van der Waals surface area contributed by atoms with Gasteiger partial charge in [-0.15, -0.1) is 11.3 Å². The fourth-order valence-electron chi connectivity index (χ4n) is 2.99. The van der Waals surface area contributed by atoms with Crippen molar-refractivity contribution in [3.63, 3.8) is 0 Å².